The van der Waals surface area contributed by atoms with E-state index in [2.05, 4.69) is 95.0 Å². The van der Waals surface area contributed by atoms with Crippen molar-refractivity contribution >= 4 is 27.6 Å². The Morgan fingerprint density at radius 3 is 1.39 bits per heavy atom. The number of hydrogen-bond donors (Lipinski definition) is 5. The fourth-order valence-corrected chi connectivity index (χ4v) is 6.38. The third-order valence-electron chi connectivity index (χ3n) is 8.66. The van der Waals surface area contributed by atoms with E-state index in [1.165, 1.54) is 19.3 Å². The van der Waals surface area contributed by atoms with Gasteiger partial charge in [0.15, 0.2) is 6.10 Å². The first-order valence-electron chi connectivity index (χ1n) is 22.6. The highest BCUT2D eigenvalue weighted by Gasteiger charge is 2.28. The van der Waals surface area contributed by atoms with Gasteiger partial charge in [0.25, 0.3) is 0 Å². The predicted octanol–water partition coefficient (Wildman–Crippen LogP) is 10.9. The van der Waals surface area contributed by atoms with Crippen LogP contribution < -0.4 is 0 Å². The molecule has 0 aromatic rings. The van der Waals surface area contributed by atoms with Gasteiger partial charge in [-0.3, -0.25) is 23.2 Å². The second-order valence-electron chi connectivity index (χ2n) is 14.9. The third-order valence-corrected chi connectivity index (χ3v) is 10.1. The molecule has 0 aliphatic rings. The minimum atomic E-state index is -4.89. The molecule has 0 fully saturated rings. The second kappa shape index (κ2) is 42.4. The maximum Gasteiger partial charge on any atom is 0.472 e. The lowest BCUT2D eigenvalue weighted by Gasteiger charge is -2.20. The monoisotopic (exact) mass is 940 g/mol. The SMILES string of the molecule is CCCCC/C=C\C/C=C\C/C=C\C/C=C\C/C=C\CCC(=O)O[C@H](COC(=O)CCC/C=C\C/C=C\C/C=C\C/C=C\CCC[C@@H](C)O)COP(=O)(O)OC[C@@H](O)COP(=O)(O)O. The first kappa shape index (κ1) is 60.7. The lowest BCUT2D eigenvalue weighted by atomic mass is 10.1. The van der Waals surface area contributed by atoms with Crippen LogP contribution in [0.3, 0.4) is 0 Å². The van der Waals surface area contributed by atoms with Gasteiger partial charge >= 0.3 is 27.6 Å². The maximum absolute atomic E-state index is 12.6. The molecule has 364 valence electrons. The van der Waals surface area contributed by atoms with E-state index in [1.807, 2.05) is 30.4 Å². The van der Waals surface area contributed by atoms with Gasteiger partial charge < -0.3 is 34.4 Å². The first-order chi connectivity index (χ1) is 30.7. The van der Waals surface area contributed by atoms with Gasteiger partial charge in [-0.25, -0.2) is 9.13 Å². The summed E-state index contributed by atoms with van der Waals surface area (Å²) in [5.74, 6) is -1.22. The fourth-order valence-electron chi connectivity index (χ4n) is 5.22. The van der Waals surface area contributed by atoms with Crippen molar-refractivity contribution in [1.29, 1.82) is 0 Å². The number of phosphoric ester groups is 2. The molecule has 0 amide bonds. The van der Waals surface area contributed by atoms with Crippen LogP contribution in [0.1, 0.15) is 136 Å². The van der Waals surface area contributed by atoms with Gasteiger partial charge in [0.05, 0.1) is 25.9 Å². The molecule has 4 atom stereocenters. The molecule has 0 saturated carbocycles. The largest absolute Gasteiger partial charge is 0.472 e. The second-order valence-corrected chi connectivity index (χ2v) is 17.6. The van der Waals surface area contributed by atoms with Crippen molar-refractivity contribution in [3.63, 3.8) is 0 Å². The molecule has 0 aromatic carbocycles. The molecular weight excluding hydrogens is 862 g/mol. The summed E-state index contributed by atoms with van der Waals surface area (Å²) in [5, 5.41) is 19.0. The Balaban J connectivity index is 4.73. The first-order valence-corrected chi connectivity index (χ1v) is 25.6. The Bertz CT molecular complexity index is 1550. The van der Waals surface area contributed by atoms with Crippen LogP contribution in [-0.2, 0) is 41.8 Å². The lowest BCUT2D eigenvalue weighted by Crippen LogP contribution is -2.29. The summed E-state index contributed by atoms with van der Waals surface area (Å²) in [4.78, 5) is 52.7. The molecule has 0 saturated heterocycles. The minimum Gasteiger partial charge on any atom is -0.462 e. The number of allylic oxidation sites excluding steroid dienone is 18. The van der Waals surface area contributed by atoms with Crippen LogP contribution in [0.4, 0.5) is 0 Å². The van der Waals surface area contributed by atoms with Gasteiger partial charge in [-0.05, 0) is 103 Å². The van der Waals surface area contributed by atoms with Crippen molar-refractivity contribution < 1.29 is 66.7 Å². The maximum atomic E-state index is 12.6. The summed E-state index contributed by atoms with van der Waals surface area (Å²) in [5.41, 5.74) is 0. The number of aliphatic hydroxyl groups excluding tert-OH is 2. The highest BCUT2D eigenvalue weighted by molar-refractivity contribution is 7.47. The summed E-state index contributed by atoms with van der Waals surface area (Å²) in [7, 11) is -9.74. The molecule has 1 unspecified atom stereocenters. The molecule has 5 N–H and O–H groups in total. The van der Waals surface area contributed by atoms with E-state index >= 15 is 0 Å². The van der Waals surface area contributed by atoms with Crippen LogP contribution in [0.5, 0.6) is 0 Å². The van der Waals surface area contributed by atoms with Crippen molar-refractivity contribution in [2.75, 3.05) is 26.4 Å². The Labute approximate surface area is 383 Å². The number of carbonyl (C=O) groups excluding carboxylic acids is 2. The van der Waals surface area contributed by atoms with Gasteiger partial charge in [0, 0.05) is 12.8 Å². The van der Waals surface area contributed by atoms with E-state index in [9.17, 15) is 33.8 Å². The number of carbonyl (C=O) groups is 2. The number of unbranched alkanes of at least 4 members (excludes halogenated alkanes) is 5. The van der Waals surface area contributed by atoms with Crippen LogP contribution in [0, 0.1) is 0 Å². The van der Waals surface area contributed by atoms with Crippen LogP contribution >= 0.6 is 15.6 Å². The van der Waals surface area contributed by atoms with Crippen molar-refractivity contribution in [3.8, 4) is 0 Å². The van der Waals surface area contributed by atoms with Gasteiger partial charge in [0.2, 0.25) is 0 Å². The zero-order valence-electron chi connectivity index (χ0n) is 38.2. The number of phosphoric acid groups is 2. The number of hydrogen-bond acceptors (Lipinski definition) is 11. The summed E-state index contributed by atoms with van der Waals surface area (Å²) < 4.78 is 47.6. The van der Waals surface area contributed by atoms with Crippen LogP contribution in [0.2, 0.25) is 0 Å². The van der Waals surface area contributed by atoms with Crippen molar-refractivity contribution in [1.82, 2.24) is 0 Å². The molecule has 14 nitrogen and oxygen atoms in total. The molecule has 0 aromatic heterocycles. The molecule has 0 bridgehead atoms. The van der Waals surface area contributed by atoms with Crippen molar-refractivity contribution in [2.24, 2.45) is 0 Å². The van der Waals surface area contributed by atoms with E-state index in [-0.39, 0.29) is 18.9 Å². The van der Waals surface area contributed by atoms with Crippen LogP contribution in [-0.4, -0.2) is 81.6 Å². The van der Waals surface area contributed by atoms with E-state index in [0.717, 1.165) is 64.2 Å². The third kappa shape index (κ3) is 46.7. The molecule has 0 radical (unpaired) electrons. The normalized spacial score (nSPS) is 15.4. The van der Waals surface area contributed by atoms with E-state index in [4.69, 9.17) is 23.8 Å². The molecule has 64 heavy (non-hydrogen) atoms. The van der Waals surface area contributed by atoms with Crippen molar-refractivity contribution in [2.45, 2.75) is 154 Å². The fraction of sp³-hybridized carbons (Fsp3) is 0.583. The Morgan fingerprint density at radius 1 is 0.500 bits per heavy atom. The highest BCUT2D eigenvalue weighted by atomic mass is 31.2. The molecule has 16 heteroatoms. The van der Waals surface area contributed by atoms with Gasteiger partial charge in [0.1, 0.15) is 12.7 Å². The van der Waals surface area contributed by atoms with E-state index in [1.54, 1.807) is 6.92 Å². The highest BCUT2D eigenvalue weighted by Crippen LogP contribution is 2.43. The average molecular weight is 941 g/mol. The average Bonchev–Trinajstić information content (AvgIpc) is 3.24. The van der Waals surface area contributed by atoms with E-state index in [0.29, 0.717) is 25.7 Å². The van der Waals surface area contributed by atoms with Crippen LogP contribution in [0.25, 0.3) is 0 Å². The van der Waals surface area contributed by atoms with Crippen molar-refractivity contribution in [3.05, 3.63) is 109 Å². The van der Waals surface area contributed by atoms with Gasteiger partial charge in [-0.2, -0.15) is 0 Å². The number of esters is 2. The standard InChI is InChI=1S/C48H78O14P2/c1-3-4-5-6-7-8-9-10-11-12-13-14-17-21-24-27-30-33-36-39-48(52)62-46(43-61-64(56,57)60-41-45(50)40-59-63(53,54)55)42-58-47(51)38-35-32-29-26-23-20-18-15-16-19-22-25-28-31-34-37-44(2)49/h7-8,10-11,13-14,16,18-21,24-26,28-30,33,44-46,49-50H,3-6,9,12,15,17,22-23,27,31-32,34-43H2,1-2H3,(H,56,57)(H2,53,54,55)/b8-7-,11-10-,14-13-,19-16-,20-18-,24-21-,28-25-,29-26-,33-30-/t44-,45+,46-/m1/s1. The summed E-state index contributed by atoms with van der Waals surface area (Å²) >= 11 is 0. The topological polar surface area (TPSA) is 216 Å². The summed E-state index contributed by atoms with van der Waals surface area (Å²) in [6.07, 6.45) is 49.4. The summed E-state index contributed by atoms with van der Waals surface area (Å²) in [6, 6.07) is 0. The molecule has 0 spiro atoms. The van der Waals surface area contributed by atoms with Crippen LogP contribution in [0.15, 0.2) is 109 Å². The van der Waals surface area contributed by atoms with Gasteiger partial charge in [-0.1, -0.05) is 129 Å². The predicted molar refractivity (Wildman–Crippen MR) is 254 cm³/mol. The molecule has 0 aliphatic heterocycles. The lowest BCUT2D eigenvalue weighted by molar-refractivity contribution is -0.161. The number of rotatable bonds is 41. The quantitative estimate of drug-likeness (QED) is 0.0167. The van der Waals surface area contributed by atoms with Gasteiger partial charge in [-0.15, -0.1) is 0 Å². The Kier molecular flexibility index (Phi) is 40.2. The number of aliphatic hydroxyl groups is 2. The molecule has 0 heterocycles. The number of ether oxygens (including phenoxy) is 2. The molecule has 0 rings (SSSR count). The Hall–Kier alpha value is -3.26. The zero-order valence-corrected chi connectivity index (χ0v) is 40.0. The zero-order chi connectivity index (χ0) is 47.4. The molecule has 0 aliphatic carbocycles. The Morgan fingerprint density at radius 2 is 0.922 bits per heavy atom. The summed E-state index contributed by atoms with van der Waals surface area (Å²) in [6.45, 7) is 1.11. The van der Waals surface area contributed by atoms with E-state index < -0.39 is 66.2 Å². The smallest absolute Gasteiger partial charge is 0.462 e. The minimum absolute atomic E-state index is 0.0166. The molecular formula is C48H78O14P2.